The van der Waals surface area contributed by atoms with Gasteiger partial charge in [0.15, 0.2) is 0 Å². The van der Waals surface area contributed by atoms with Gasteiger partial charge in [-0.25, -0.2) is 4.98 Å². The number of hydrogen-bond acceptors (Lipinski definition) is 5. The number of methoxy groups -OCH3 is 1. The molecule has 0 saturated heterocycles. The van der Waals surface area contributed by atoms with Crippen LogP contribution in [0.15, 0.2) is 30.5 Å². The van der Waals surface area contributed by atoms with Gasteiger partial charge in [0.2, 0.25) is 0 Å². The second kappa shape index (κ2) is 5.65. The van der Waals surface area contributed by atoms with Gasteiger partial charge in [0.05, 0.1) is 7.11 Å². The van der Waals surface area contributed by atoms with Crippen LogP contribution in [0.5, 0.6) is 11.5 Å². The number of nitrogens with two attached hydrogens (primary N) is 1. The molecule has 0 radical (unpaired) electrons. The van der Waals surface area contributed by atoms with E-state index >= 15 is 0 Å². The molecule has 0 amide bonds. The predicted octanol–water partition coefficient (Wildman–Crippen LogP) is 2.19. The van der Waals surface area contributed by atoms with Crippen LogP contribution in [-0.4, -0.2) is 12.1 Å². The van der Waals surface area contributed by atoms with Crippen LogP contribution in [-0.2, 0) is 13.2 Å². The summed E-state index contributed by atoms with van der Waals surface area (Å²) in [5.41, 5.74) is 5.52. The van der Waals surface area contributed by atoms with E-state index in [1.807, 2.05) is 24.3 Å². The van der Waals surface area contributed by atoms with Gasteiger partial charge in [-0.1, -0.05) is 6.07 Å². The van der Waals surface area contributed by atoms with Gasteiger partial charge in [0, 0.05) is 23.7 Å². The van der Waals surface area contributed by atoms with E-state index in [2.05, 4.69) is 4.98 Å². The first-order valence-corrected chi connectivity index (χ1v) is 6.04. The zero-order valence-electron chi connectivity index (χ0n) is 9.55. The Kier molecular flexibility index (Phi) is 3.95. The molecule has 17 heavy (non-hydrogen) atoms. The summed E-state index contributed by atoms with van der Waals surface area (Å²) in [5, 5.41) is 0.924. The van der Waals surface area contributed by atoms with Crippen LogP contribution >= 0.6 is 11.3 Å². The minimum Gasteiger partial charge on any atom is -0.497 e. The number of ether oxygens (including phenoxy) is 2. The van der Waals surface area contributed by atoms with Gasteiger partial charge in [-0.3, -0.25) is 0 Å². The predicted molar refractivity (Wildman–Crippen MR) is 67.3 cm³/mol. The summed E-state index contributed by atoms with van der Waals surface area (Å²) in [7, 11) is 1.63. The van der Waals surface area contributed by atoms with Gasteiger partial charge in [-0.2, -0.15) is 0 Å². The SMILES string of the molecule is COc1cccc(OCc2ncc(CN)s2)c1. The van der Waals surface area contributed by atoms with Gasteiger partial charge >= 0.3 is 0 Å². The summed E-state index contributed by atoms with van der Waals surface area (Å²) in [6, 6.07) is 7.50. The lowest BCUT2D eigenvalue weighted by Gasteiger charge is -2.05. The highest BCUT2D eigenvalue weighted by molar-refractivity contribution is 7.11. The van der Waals surface area contributed by atoms with Gasteiger partial charge < -0.3 is 15.2 Å². The number of thiazole rings is 1. The molecule has 0 spiro atoms. The van der Waals surface area contributed by atoms with Crippen molar-refractivity contribution in [1.82, 2.24) is 4.98 Å². The van der Waals surface area contributed by atoms with Crippen molar-refractivity contribution in [1.29, 1.82) is 0 Å². The number of hydrogen-bond donors (Lipinski definition) is 1. The highest BCUT2D eigenvalue weighted by Gasteiger charge is 2.02. The van der Waals surface area contributed by atoms with Crippen LogP contribution in [0.2, 0.25) is 0 Å². The average molecular weight is 250 g/mol. The molecule has 5 heteroatoms. The Morgan fingerprint density at radius 3 is 2.88 bits per heavy atom. The molecule has 2 rings (SSSR count). The Hall–Kier alpha value is -1.59. The van der Waals surface area contributed by atoms with Crippen molar-refractivity contribution >= 4 is 11.3 Å². The Labute approximate surface area is 104 Å². The van der Waals surface area contributed by atoms with Crippen molar-refractivity contribution in [2.75, 3.05) is 7.11 Å². The molecule has 2 N–H and O–H groups in total. The van der Waals surface area contributed by atoms with Crippen LogP contribution in [0.4, 0.5) is 0 Å². The third-order valence-corrected chi connectivity index (χ3v) is 3.20. The fraction of sp³-hybridized carbons (Fsp3) is 0.250. The number of aromatic nitrogens is 1. The summed E-state index contributed by atoms with van der Waals surface area (Å²) in [4.78, 5) is 5.29. The summed E-state index contributed by atoms with van der Waals surface area (Å²) in [6.07, 6.45) is 1.79. The molecule has 4 nitrogen and oxygen atoms in total. The Morgan fingerprint density at radius 2 is 2.18 bits per heavy atom. The zero-order chi connectivity index (χ0) is 12.1. The van der Waals surface area contributed by atoms with E-state index in [1.54, 1.807) is 24.6 Å². The van der Waals surface area contributed by atoms with Crippen LogP contribution < -0.4 is 15.2 Å². The maximum atomic E-state index is 5.62. The van der Waals surface area contributed by atoms with Crippen molar-refractivity contribution in [3.63, 3.8) is 0 Å². The lowest BCUT2D eigenvalue weighted by molar-refractivity contribution is 0.303. The Morgan fingerprint density at radius 1 is 1.35 bits per heavy atom. The third-order valence-electron chi connectivity index (χ3n) is 2.21. The molecule has 0 aliphatic heterocycles. The molecule has 0 bridgehead atoms. The lowest BCUT2D eigenvalue weighted by Crippen LogP contribution is -1.94. The van der Waals surface area contributed by atoms with Crippen LogP contribution in [0.3, 0.4) is 0 Å². The molecule has 1 heterocycles. The normalized spacial score (nSPS) is 10.2. The second-order valence-corrected chi connectivity index (χ2v) is 4.59. The van der Waals surface area contributed by atoms with Gasteiger partial charge in [0.25, 0.3) is 0 Å². The molecule has 1 aromatic carbocycles. The van der Waals surface area contributed by atoms with Crippen molar-refractivity contribution in [3.8, 4) is 11.5 Å². The fourth-order valence-corrected chi connectivity index (χ4v) is 2.06. The van der Waals surface area contributed by atoms with Crippen LogP contribution in [0.25, 0.3) is 0 Å². The molecule has 0 atom stereocenters. The van der Waals surface area contributed by atoms with Gasteiger partial charge in [-0.05, 0) is 12.1 Å². The molecular weight excluding hydrogens is 236 g/mol. The van der Waals surface area contributed by atoms with Crippen molar-refractivity contribution in [3.05, 3.63) is 40.3 Å². The molecule has 90 valence electrons. The minimum absolute atomic E-state index is 0.456. The highest BCUT2D eigenvalue weighted by atomic mass is 32.1. The Bertz CT molecular complexity index is 485. The highest BCUT2D eigenvalue weighted by Crippen LogP contribution is 2.21. The van der Waals surface area contributed by atoms with Gasteiger partial charge in [-0.15, -0.1) is 11.3 Å². The van der Waals surface area contributed by atoms with E-state index in [1.165, 1.54) is 0 Å². The van der Waals surface area contributed by atoms with Crippen molar-refractivity contribution in [2.45, 2.75) is 13.2 Å². The number of nitrogens with zero attached hydrogens (tertiary/aromatic N) is 1. The zero-order valence-corrected chi connectivity index (χ0v) is 10.4. The molecule has 0 aliphatic carbocycles. The summed E-state index contributed by atoms with van der Waals surface area (Å²) < 4.78 is 10.7. The second-order valence-electron chi connectivity index (χ2n) is 3.39. The van der Waals surface area contributed by atoms with E-state index in [0.717, 1.165) is 21.4 Å². The molecule has 0 aliphatic rings. The summed E-state index contributed by atoms with van der Waals surface area (Å²) in [5.74, 6) is 1.55. The third kappa shape index (κ3) is 3.18. The van der Waals surface area contributed by atoms with Crippen LogP contribution in [0.1, 0.15) is 9.88 Å². The van der Waals surface area contributed by atoms with Crippen molar-refractivity contribution in [2.24, 2.45) is 5.73 Å². The quantitative estimate of drug-likeness (QED) is 0.883. The molecule has 0 saturated carbocycles. The van der Waals surface area contributed by atoms with E-state index in [4.69, 9.17) is 15.2 Å². The van der Waals surface area contributed by atoms with E-state index in [0.29, 0.717) is 13.2 Å². The Balaban J connectivity index is 1.96. The average Bonchev–Trinajstić information content (AvgIpc) is 2.84. The van der Waals surface area contributed by atoms with Crippen molar-refractivity contribution < 1.29 is 9.47 Å². The lowest BCUT2D eigenvalue weighted by atomic mass is 10.3. The molecular formula is C12H14N2O2S. The van der Waals surface area contributed by atoms with E-state index in [9.17, 15) is 0 Å². The summed E-state index contributed by atoms with van der Waals surface area (Å²) >= 11 is 1.57. The van der Waals surface area contributed by atoms with Gasteiger partial charge in [0.1, 0.15) is 23.1 Å². The fourth-order valence-electron chi connectivity index (χ4n) is 1.35. The monoisotopic (exact) mass is 250 g/mol. The smallest absolute Gasteiger partial charge is 0.140 e. The van der Waals surface area contributed by atoms with E-state index < -0.39 is 0 Å². The summed E-state index contributed by atoms with van der Waals surface area (Å²) in [6.45, 7) is 0.981. The largest absolute Gasteiger partial charge is 0.497 e. The molecule has 0 unspecified atom stereocenters. The number of benzene rings is 1. The maximum Gasteiger partial charge on any atom is 0.140 e. The van der Waals surface area contributed by atoms with E-state index in [-0.39, 0.29) is 0 Å². The maximum absolute atomic E-state index is 5.62. The standard InChI is InChI=1S/C12H14N2O2S/c1-15-9-3-2-4-10(5-9)16-8-12-14-7-11(6-13)17-12/h2-5,7H,6,8,13H2,1H3. The first-order valence-electron chi connectivity index (χ1n) is 5.22. The first-order chi connectivity index (χ1) is 8.31. The topological polar surface area (TPSA) is 57.4 Å². The first kappa shape index (κ1) is 11.9. The minimum atomic E-state index is 0.456. The number of rotatable bonds is 5. The molecule has 2 aromatic rings. The molecule has 0 fully saturated rings. The molecule has 1 aromatic heterocycles. The van der Waals surface area contributed by atoms with Crippen LogP contribution in [0, 0.1) is 0 Å².